The number of para-hydroxylation sites is 1. The smallest absolute Gasteiger partial charge is 0.231 e. The van der Waals surface area contributed by atoms with Gasteiger partial charge in [-0.15, -0.1) is 0 Å². The van der Waals surface area contributed by atoms with E-state index in [-0.39, 0.29) is 24.3 Å². The normalized spacial score (nSPS) is 17.8. The zero-order valence-corrected chi connectivity index (χ0v) is 17.9. The van der Waals surface area contributed by atoms with Crippen LogP contribution in [0.2, 0.25) is 5.02 Å². The molecule has 0 radical (unpaired) electrons. The second-order valence-corrected chi connectivity index (χ2v) is 7.97. The highest BCUT2D eigenvalue weighted by Gasteiger charge is 2.29. The zero-order valence-electron chi connectivity index (χ0n) is 17.1. The van der Waals surface area contributed by atoms with E-state index in [9.17, 15) is 9.18 Å². The lowest BCUT2D eigenvalue weighted by atomic mass is 10.0. The van der Waals surface area contributed by atoms with Gasteiger partial charge in [0.25, 0.3) is 0 Å². The van der Waals surface area contributed by atoms with E-state index in [1.807, 2.05) is 37.3 Å². The summed E-state index contributed by atoms with van der Waals surface area (Å²) in [7, 11) is 0. The molecule has 3 aromatic carbocycles. The molecule has 1 unspecified atom stereocenters. The Morgan fingerprint density at radius 1 is 1.09 bits per heavy atom. The van der Waals surface area contributed by atoms with Gasteiger partial charge in [-0.3, -0.25) is 4.79 Å². The first-order chi connectivity index (χ1) is 15.5. The van der Waals surface area contributed by atoms with Gasteiger partial charge in [0.05, 0.1) is 10.6 Å². The molecule has 2 aliphatic heterocycles. The Kier molecular flexibility index (Phi) is 5.19. The Hall–Kier alpha value is -3.57. The van der Waals surface area contributed by atoms with E-state index in [4.69, 9.17) is 25.8 Å². The molecule has 32 heavy (non-hydrogen) atoms. The van der Waals surface area contributed by atoms with Crippen LogP contribution in [0.4, 0.5) is 4.39 Å². The van der Waals surface area contributed by atoms with Crippen molar-refractivity contribution in [1.29, 1.82) is 0 Å². The summed E-state index contributed by atoms with van der Waals surface area (Å²) in [6.45, 7) is 2.09. The minimum absolute atomic E-state index is 0.162. The second-order valence-electron chi connectivity index (χ2n) is 7.56. The first kappa shape index (κ1) is 20.3. The minimum atomic E-state index is -0.404. The van der Waals surface area contributed by atoms with Crippen LogP contribution in [0.3, 0.4) is 0 Å². The van der Waals surface area contributed by atoms with E-state index < -0.39 is 5.82 Å². The molecule has 0 spiro atoms. The number of hydrogen-bond acceptors (Lipinski definition) is 4. The van der Waals surface area contributed by atoms with Crippen LogP contribution >= 0.6 is 11.6 Å². The average molecular weight is 449 g/mol. The van der Waals surface area contributed by atoms with E-state index >= 15 is 0 Å². The van der Waals surface area contributed by atoms with Crippen molar-refractivity contribution in [2.75, 3.05) is 0 Å². The molecule has 5 rings (SSSR count). The van der Waals surface area contributed by atoms with E-state index in [1.54, 1.807) is 30.3 Å². The van der Waals surface area contributed by atoms with Crippen molar-refractivity contribution in [2.45, 2.75) is 19.6 Å². The van der Waals surface area contributed by atoms with Crippen LogP contribution in [0.1, 0.15) is 28.4 Å². The maximum absolute atomic E-state index is 13.2. The first-order valence-electron chi connectivity index (χ1n) is 10.1. The van der Waals surface area contributed by atoms with Gasteiger partial charge in [-0.2, -0.15) is 0 Å². The van der Waals surface area contributed by atoms with Crippen LogP contribution in [0.5, 0.6) is 17.2 Å². The molecule has 0 saturated carbocycles. The van der Waals surface area contributed by atoms with E-state index in [0.717, 1.165) is 16.9 Å². The number of carbonyl (C=O) groups is 1. The summed E-state index contributed by atoms with van der Waals surface area (Å²) in [5.41, 5.74) is 2.93. The fraction of sp³-hybridized carbons (Fsp3) is 0.115. The summed E-state index contributed by atoms with van der Waals surface area (Å²) in [6, 6.07) is 16.9. The van der Waals surface area contributed by atoms with Crippen LogP contribution in [0, 0.1) is 5.82 Å². The standard InChI is InChI=1S/C26H18ClFO4/c1-15-18(10-16-4-2-3-5-23(16)31-15)11-25-26(29)21-9-8-20(13-24(21)32-25)30-14-17-6-7-19(28)12-22(17)27/h2-13,15H,14H2,1H3/b25-11-. The summed E-state index contributed by atoms with van der Waals surface area (Å²) >= 11 is 6.05. The molecule has 3 aromatic rings. The van der Waals surface area contributed by atoms with E-state index in [2.05, 4.69) is 0 Å². The highest BCUT2D eigenvalue weighted by atomic mass is 35.5. The Morgan fingerprint density at radius 2 is 1.94 bits per heavy atom. The molecular weight excluding hydrogens is 431 g/mol. The molecule has 4 nitrogen and oxygen atoms in total. The highest BCUT2D eigenvalue weighted by Crippen LogP contribution is 2.36. The van der Waals surface area contributed by atoms with Gasteiger partial charge in [0.2, 0.25) is 5.78 Å². The third kappa shape index (κ3) is 3.87. The zero-order chi connectivity index (χ0) is 22.2. The van der Waals surface area contributed by atoms with Crippen molar-refractivity contribution in [3.05, 3.63) is 106 Å². The number of allylic oxidation sites excluding steroid dienone is 1. The molecule has 0 aliphatic carbocycles. The van der Waals surface area contributed by atoms with Gasteiger partial charge in [0.1, 0.15) is 35.8 Å². The first-order valence-corrected chi connectivity index (χ1v) is 10.5. The van der Waals surface area contributed by atoms with Crippen molar-refractivity contribution < 1.29 is 23.4 Å². The van der Waals surface area contributed by atoms with Gasteiger partial charge < -0.3 is 14.2 Å². The molecule has 0 aromatic heterocycles. The number of hydrogen-bond donors (Lipinski definition) is 0. The van der Waals surface area contributed by atoms with Gasteiger partial charge in [0, 0.05) is 17.2 Å². The number of benzene rings is 3. The third-order valence-corrected chi connectivity index (χ3v) is 5.71. The molecule has 0 saturated heterocycles. The number of fused-ring (bicyclic) bond motifs is 2. The lowest BCUT2D eigenvalue weighted by Crippen LogP contribution is -2.18. The van der Waals surface area contributed by atoms with Crippen molar-refractivity contribution in [1.82, 2.24) is 0 Å². The number of halogens is 2. The largest absolute Gasteiger partial charge is 0.489 e. The van der Waals surface area contributed by atoms with Crippen LogP contribution < -0.4 is 14.2 Å². The predicted molar refractivity (Wildman–Crippen MR) is 120 cm³/mol. The average Bonchev–Trinajstić information content (AvgIpc) is 3.08. The van der Waals surface area contributed by atoms with Crippen molar-refractivity contribution in [3.8, 4) is 17.2 Å². The molecule has 6 heteroatoms. The maximum Gasteiger partial charge on any atom is 0.231 e. The molecule has 0 N–H and O–H groups in total. The number of carbonyl (C=O) groups excluding carboxylic acids is 1. The number of Topliss-reactive ketones (excluding diaryl/α,β-unsaturated/α-hetero) is 1. The highest BCUT2D eigenvalue weighted by molar-refractivity contribution is 6.31. The molecule has 0 bridgehead atoms. The van der Waals surface area contributed by atoms with Crippen LogP contribution in [0.25, 0.3) is 6.08 Å². The molecular formula is C26H18ClFO4. The number of ether oxygens (including phenoxy) is 3. The summed E-state index contributed by atoms with van der Waals surface area (Å²) in [4.78, 5) is 12.8. The quantitative estimate of drug-likeness (QED) is 0.434. The van der Waals surface area contributed by atoms with Gasteiger partial charge in [-0.05, 0) is 55.0 Å². The van der Waals surface area contributed by atoms with Crippen LogP contribution in [-0.2, 0) is 6.61 Å². The molecule has 2 heterocycles. The molecule has 2 aliphatic rings. The topological polar surface area (TPSA) is 44.8 Å². The number of ketones is 1. The van der Waals surface area contributed by atoms with Crippen molar-refractivity contribution >= 4 is 23.5 Å². The monoisotopic (exact) mass is 448 g/mol. The summed E-state index contributed by atoms with van der Waals surface area (Å²) in [5, 5.41) is 0.293. The maximum atomic E-state index is 13.2. The Labute approximate surface area is 189 Å². The Morgan fingerprint density at radius 3 is 2.78 bits per heavy atom. The Bertz CT molecular complexity index is 1290. The second kappa shape index (κ2) is 8.17. The molecule has 160 valence electrons. The van der Waals surface area contributed by atoms with Crippen LogP contribution in [-0.4, -0.2) is 11.9 Å². The predicted octanol–water partition coefficient (Wildman–Crippen LogP) is 6.38. The number of rotatable bonds is 4. The van der Waals surface area contributed by atoms with Crippen molar-refractivity contribution in [3.63, 3.8) is 0 Å². The summed E-state index contributed by atoms with van der Waals surface area (Å²) in [5.74, 6) is 1.39. The van der Waals surface area contributed by atoms with E-state index in [1.165, 1.54) is 12.1 Å². The Balaban J connectivity index is 1.35. The van der Waals surface area contributed by atoms with Gasteiger partial charge >= 0.3 is 0 Å². The fourth-order valence-corrected chi connectivity index (χ4v) is 3.85. The summed E-state index contributed by atoms with van der Waals surface area (Å²) in [6.07, 6.45) is 3.51. The van der Waals surface area contributed by atoms with E-state index in [0.29, 0.717) is 27.6 Å². The fourth-order valence-electron chi connectivity index (χ4n) is 3.63. The SMILES string of the molecule is CC1Oc2ccccc2C=C1/C=C1\Oc2cc(OCc3ccc(F)cc3Cl)ccc2C1=O. The lowest BCUT2D eigenvalue weighted by molar-refractivity contribution is 0.101. The lowest BCUT2D eigenvalue weighted by Gasteiger charge is -2.22. The van der Waals surface area contributed by atoms with Crippen LogP contribution in [0.15, 0.2) is 78.1 Å². The van der Waals surface area contributed by atoms with Gasteiger partial charge in [0.15, 0.2) is 5.76 Å². The van der Waals surface area contributed by atoms with Crippen molar-refractivity contribution in [2.24, 2.45) is 0 Å². The third-order valence-electron chi connectivity index (χ3n) is 5.36. The molecule has 1 atom stereocenters. The molecule has 0 fully saturated rings. The van der Waals surface area contributed by atoms with Gasteiger partial charge in [-0.1, -0.05) is 35.9 Å². The molecule has 0 amide bonds. The minimum Gasteiger partial charge on any atom is -0.489 e. The summed E-state index contributed by atoms with van der Waals surface area (Å²) < 4.78 is 30.8. The van der Waals surface area contributed by atoms with Gasteiger partial charge in [-0.25, -0.2) is 4.39 Å².